The molecule has 1 aromatic rings. The standard InChI is InChI=1S/C18H23N3O2/c1-23-17-9-7-14(8-10-17)12-20-13-15(11-19)18(22)21-16-5-3-2-4-6-16/h7-10,13,16,20H,2-6,12H2,1H3,(H,21,22)/b15-13-. The maximum Gasteiger partial charge on any atom is 0.263 e. The molecule has 0 heterocycles. The van der Waals surface area contributed by atoms with Crippen molar-refractivity contribution in [3.8, 4) is 11.8 Å². The van der Waals surface area contributed by atoms with Crippen LogP contribution < -0.4 is 15.4 Å². The number of nitrogens with one attached hydrogen (secondary N) is 2. The molecule has 2 rings (SSSR count). The highest BCUT2D eigenvalue weighted by Gasteiger charge is 2.17. The fourth-order valence-corrected chi connectivity index (χ4v) is 2.67. The first-order valence-corrected chi connectivity index (χ1v) is 8.00. The zero-order valence-electron chi connectivity index (χ0n) is 13.5. The Bertz CT molecular complexity index is 581. The van der Waals surface area contributed by atoms with Crippen LogP contribution >= 0.6 is 0 Å². The summed E-state index contributed by atoms with van der Waals surface area (Å²) in [6.45, 7) is 0.548. The Morgan fingerprint density at radius 1 is 1.30 bits per heavy atom. The van der Waals surface area contributed by atoms with Gasteiger partial charge in [0.05, 0.1) is 7.11 Å². The SMILES string of the molecule is COc1ccc(CN/C=C(/C#N)C(=O)NC2CCCCC2)cc1. The number of hydrogen-bond donors (Lipinski definition) is 2. The first kappa shape index (κ1) is 16.9. The average molecular weight is 313 g/mol. The van der Waals surface area contributed by atoms with Crippen LogP contribution in [0.5, 0.6) is 5.75 Å². The summed E-state index contributed by atoms with van der Waals surface area (Å²) < 4.78 is 5.10. The Labute approximate surface area is 137 Å². The van der Waals surface area contributed by atoms with E-state index in [0.717, 1.165) is 37.0 Å². The van der Waals surface area contributed by atoms with Crippen LogP contribution in [-0.2, 0) is 11.3 Å². The monoisotopic (exact) mass is 313 g/mol. The maximum atomic E-state index is 12.1. The van der Waals surface area contributed by atoms with E-state index < -0.39 is 0 Å². The molecule has 0 aliphatic heterocycles. The van der Waals surface area contributed by atoms with Gasteiger partial charge in [-0.3, -0.25) is 4.79 Å². The summed E-state index contributed by atoms with van der Waals surface area (Å²) in [5.41, 5.74) is 1.16. The third kappa shape index (κ3) is 5.33. The van der Waals surface area contributed by atoms with Gasteiger partial charge in [-0.2, -0.15) is 5.26 Å². The predicted molar refractivity (Wildman–Crippen MR) is 88.5 cm³/mol. The number of hydrogen-bond acceptors (Lipinski definition) is 4. The normalized spacial score (nSPS) is 15.6. The van der Waals surface area contributed by atoms with E-state index in [1.165, 1.54) is 12.6 Å². The molecule has 1 amide bonds. The van der Waals surface area contributed by atoms with Crippen LogP contribution in [0.25, 0.3) is 0 Å². The Hall–Kier alpha value is -2.48. The molecule has 1 aromatic carbocycles. The summed E-state index contributed by atoms with van der Waals surface area (Å²) in [6.07, 6.45) is 7.02. The second-order valence-corrected chi connectivity index (χ2v) is 5.71. The van der Waals surface area contributed by atoms with Gasteiger partial charge in [0.15, 0.2) is 0 Å². The maximum absolute atomic E-state index is 12.1. The number of amides is 1. The molecular weight excluding hydrogens is 290 g/mol. The molecule has 1 saturated carbocycles. The van der Waals surface area contributed by atoms with E-state index in [9.17, 15) is 4.79 Å². The summed E-state index contributed by atoms with van der Waals surface area (Å²) in [7, 11) is 1.63. The number of nitrogens with zero attached hydrogens (tertiary/aromatic N) is 1. The van der Waals surface area contributed by atoms with Crippen molar-refractivity contribution in [2.24, 2.45) is 0 Å². The van der Waals surface area contributed by atoms with E-state index in [0.29, 0.717) is 6.54 Å². The van der Waals surface area contributed by atoms with Crippen molar-refractivity contribution in [1.29, 1.82) is 5.26 Å². The second-order valence-electron chi connectivity index (χ2n) is 5.71. The fourth-order valence-electron chi connectivity index (χ4n) is 2.67. The van der Waals surface area contributed by atoms with Gasteiger partial charge in [0, 0.05) is 18.8 Å². The predicted octanol–water partition coefficient (Wildman–Crippen LogP) is 2.64. The zero-order valence-corrected chi connectivity index (χ0v) is 13.5. The topological polar surface area (TPSA) is 74.1 Å². The highest BCUT2D eigenvalue weighted by molar-refractivity contribution is 5.97. The summed E-state index contributed by atoms with van der Waals surface area (Å²) in [4.78, 5) is 12.1. The van der Waals surface area contributed by atoms with Crippen molar-refractivity contribution in [2.45, 2.75) is 44.7 Å². The molecule has 0 atom stereocenters. The highest BCUT2D eigenvalue weighted by Crippen LogP contribution is 2.17. The number of ether oxygens (including phenoxy) is 1. The molecule has 0 radical (unpaired) electrons. The van der Waals surface area contributed by atoms with Gasteiger partial charge in [-0.15, -0.1) is 0 Å². The fraction of sp³-hybridized carbons (Fsp3) is 0.444. The number of methoxy groups -OCH3 is 1. The van der Waals surface area contributed by atoms with E-state index in [2.05, 4.69) is 10.6 Å². The van der Waals surface area contributed by atoms with Gasteiger partial charge in [-0.1, -0.05) is 31.4 Å². The van der Waals surface area contributed by atoms with E-state index in [1.54, 1.807) is 7.11 Å². The lowest BCUT2D eigenvalue weighted by Crippen LogP contribution is -2.37. The molecular formula is C18H23N3O2. The molecule has 0 bridgehead atoms. The third-order valence-corrected chi connectivity index (χ3v) is 4.02. The van der Waals surface area contributed by atoms with Gasteiger partial charge in [-0.25, -0.2) is 0 Å². The summed E-state index contributed by atoms with van der Waals surface area (Å²) in [5.74, 6) is 0.510. The van der Waals surface area contributed by atoms with Gasteiger partial charge in [0.1, 0.15) is 17.4 Å². The molecule has 0 saturated heterocycles. The molecule has 0 aromatic heterocycles. The Morgan fingerprint density at radius 2 is 2.00 bits per heavy atom. The lowest BCUT2D eigenvalue weighted by molar-refractivity contribution is -0.118. The van der Waals surface area contributed by atoms with Crippen LogP contribution in [0.1, 0.15) is 37.7 Å². The number of benzene rings is 1. The molecule has 0 spiro atoms. The number of carbonyl (C=O) groups is 1. The summed E-state index contributed by atoms with van der Waals surface area (Å²) >= 11 is 0. The largest absolute Gasteiger partial charge is 0.497 e. The van der Waals surface area contributed by atoms with E-state index in [-0.39, 0.29) is 17.5 Å². The van der Waals surface area contributed by atoms with Crippen LogP contribution in [0.15, 0.2) is 36.0 Å². The number of rotatable bonds is 6. The molecule has 23 heavy (non-hydrogen) atoms. The van der Waals surface area contributed by atoms with Gasteiger partial charge in [0.25, 0.3) is 5.91 Å². The molecule has 122 valence electrons. The van der Waals surface area contributed by atoms with E-state index in [4.69, 9.17) is 10.00 Å². The minimum Gasteiger partial charge on any atom is -0.497 e. The summed E-state index contributed by atoms with van der Waals surface area (Å²) in [6, 6.07) is 9.80. The zero-order chi connectivity index (χ0) is 16.5. The van der Waals surface area contributed by atoms with Crippen LogP contribution in [0.4, 0.5) is 0 Å². The van der Waals surface area contributed by atoms with E-state index in [1.807, 2.05) is 30.3 Å². The Morgan fingerprint density at radius 3 is 2.61 bits per heavy atom. The van der Waals surface area contributed by atoms with Crippen LogP contribution in [0.2, 0.25) is 0 Å². The molecule has 5 nitrogen and oxygen atoms in total. The second kappa shape index (κ2) is 8.84. The Kier molecular flexibility index (Phi) is 6.49. The van der Waals surface area contributed by atoms with Crippen molar-refractivity contribution < 1.29 is 9.53 Å². The molecule has 1 aliphatic rings. The molecule has 2 N–H and O–H groups in total. The molecule has 0 unspecified atom stereocenters. The lowest BCUT2D eigenvalue weighted by Gasteiger charge is -2.22. The smallest absolute Gasteiger partial charge is 0.263 e. The van der Waals surface area contributed by atoms with Crippen molar-refractivity contribution in [3.05, 3.63) is 41.6 Å². The van der Waals surface area contributed by atoms with Gasteiger partial charge in [-0.05, 0) is 30.5 Å². The van der Waals surface area contributed by atoms with E-state index >= 15 is 0 Å². The highest BCUT2D eigenvalue weighted by atomic mass is 16.5. The quantitative estimate of drug-likeness (QED) is 0.625. The first-order chi connectivity index (χ1) is 11.2. The minimum atomic E-state index is -0.290. The molecule has 5 heteroatoms. The molecule has 1 aliphatic carbocycles. The van der Waals surface area contributed by atoms with Crippen molar-refractivity contribution >= 4 is 5.91 Å². The van der Waals surface area contributed by atoms with Crippen LogP contribution in [0, 0.1) is 11.3 Å². The van der Waals surface area contributed by atoms with Gasteiger partial charge >= 0.3 is 0 Å². The van der Waals surface area contributed by atoms with Gasteiger partial charge in [0.2, 0.25) is 0 Å². The van der Waals surface area contributed by atoms with Crippen molar-refractivity contribution in [2.75, 3.05) is 7.11 Å². The van der Waals surface area contributed by atoms with Crippen molar-refractivity contribution in [1.82, 2.24) is 10.6 Å². The average Bonchev–Trinajstić information content (AvgIpc) is 2.60. The molecule has 1 fully saturated rings. The Balaban J connectivity index is 1.85. The van der Waals surface area contributed by atoms with Crippen LogP contribution in [0.3, 0.4) is 0 Å². The minimum absolute atomic E-state index is 0.115. The summed E-state index contributed by atoms with van der Waals surface area (Å²) in [5, 5.41) is 15.1. The lowest BCUT2D eigenvalue weighted by atomic mass is 9.95. The van der Waals surface area contributed by atoms with Crippen LogP contribution in [-0.4, -0.2) is 19.1 Å². The van der Waals surface area contributed by atoms with Crippen molar-refractivity contribution in [3.63, 3.8) is 0 Å². The number of nitriles is 1. The third-order valence-electron chi connectivity index (χ3n) is 4.02. The van der Waals surface area contributed by atoms with Gasteiger partial charge < -0.3 is 15.4 Å². The first-order valence-electron chi connectivity index (χ1n) is 8.00. The number of carbonyl (C=O) groups excluding carboxylic acids is 1.